The lowest BCUT2D eigenvalue weighted by atomic mass is 10.1. The Kier molecular flexibility index (Phi) is 3.64. The lowest BCUT2D eigenvalue weighted by Gasteiger charge is -2.03. The van der Waals surface area contributed by atoms with Crippen molar-refractivity contribution in [3.05, 3.63) is 34.3 Å². The average Bonchev–Trinajstić information content (AvgIpc) is 3.05. The molecule has 16 heavy (non-hydrogen) atoms. The van der Waals surface area contributed by atoms with Gasteiger partial charge in [-0.15, -0.1) is 0 Å². The van der Waals surface area contributed by atoms with Gasteiger partial charge in [0.1, 0.15) is 0 Å². The molecule has 1 aliphatic rings. The molecule has 1 N–H and O–H groups in total. The van der Waals surface area contributed by atoms with E-state index in [1.807, 2.05) is 13.0 Å². The number of hydrogen-bond donors (Lipinski definition) is 1. The Bertz CT molecular complexity index is 391. The third kappa shape index (κ3) is 2.85. The molecule has 0 aliphatic heterocycles. The highest BCUT2D eigenvalue weighted by Gasteiger charge is 2.38. The topological polar surface area (TPSA) is 29.1 Å². The molecule has 1 saturated carbocycles. The molecule has 86 valence electrons. The highest BCUT2D eigenvalue weighted by molar-refractivity contribution is 9.10. The summed E-state index contributed by atoms with van der Waals surface area (Å²) in [7, 11) is 0. The van der Waals surface area contributed by atoms with Crippen LogP contribution in [0.5, 0.6) is 0 Å². The minimum Gasteiger partial charge on any atom is -0.356 e. The van der Waals surface area contributed by atoms with E-state index in [4.69, 9.17) is 0 Å². The Balaban J connectivity index is 1.85. The maximum Gasteiger partial charge on any atom is 0.219 e. The van der Waals surface area contributed by atoms with Crippen molar-refractivity contribution in [1.29, 1.82) is 0 Å². The van der Waals surface area contributed by atoms with Gasteiger partial charge in [-0.2, -0.15) is 0 Å². The fraction of sp³-hybridized carbons (Fsp3) is 0.462. The molecule has 1 fully saturated rings. The second-order valence-corrected chi connectivity index (χ2v) is 5.23. The van der Waals surface area contributed by atoms with Crippen molar-refractivity contribution in [2.75, 3.05) is 6.54 Å². The van der Waals surface area contributed by atoms with Crippen molar-refractivity contribution in [3.63, 3.8) is 0 Å². The molecule has 1 aliphatic carbocycles. The zero-order valence-electron chi connectivity index (χ0n) is 9.37. The fourth-order valence-electron chi connectivity index (χ4n) is 1.99. The molecule has 3 heteroatoms. The van der Waals surface area contributed by atoms with Gasteiger partial charge in [0, 0.05) is 17.4 Å². The summed E-state index contributed by atoms with van der Waals surface area (Å²) in [4.78, 5) is 11.1. The number of benzene rings is 1. The standard InChI is InChI=1S/C13H16BrNO/c1-2-13(16)15-8-10-7-12(10)9-4-3-5-11(14)6-9/h3-6,10,12H,2,7-8H2,1H3,(H,15,16). The monoisotopic (exact) mass is 281 g/mol. The van der Waals surface area contributed by atoms with Gasteiger partial charge >= 0.3 is 0 Å². The van der Waals surface area contributed by atoms with Gasteiger partial charge in [-0.05, 0) is 36.0 Å². The molecule has 1 aromatic carbocycles. The van der Waals surface area contributed by atoms with Crippen LogP contribution in [0.3, 0.4) is 0 Å². The third-order valence-electron chi connectivity index (χ3n) is 3.08. The summed E-state index contributed by atoms with van der Waals surface area (Å²) in [6.45, 7) is 2.71. The molecule has 0 spiro atoms. The van der Waals surface area contributed by atoms with Crippen LogP contribution in [0, 0.1) is 5.92 Å². The van der Waals surface area contributed by atoms with Gasteiger partial charge in [0.25, 0.3) is 0 Å². The minimum absolute atomic E-state index is 0.153. The van der Waals surface area contributed by atoms with E-state index >= 15 is 0 Å². The number of hydrogen-bond acceptors (Lipinski definition) is 1. The summed E-state index contributed by atoms with van der Waals surface area (Å²) in [6, 6.07) is 8.45. The molecule has 1 aromatic rings. The van der Waals surface area contributed by atoms with Crippen molar-refractivity contribution in [2.45, 2.75) is 25.7 Å². The Morgan fingerprint density at radius 1 is 1.56 bits per heavy atom. The van der Waals surface area contributed by atoms with E-state index in [1.54, 1.807) is 0 Å². The molecular weight excluding hydrogens is 266 g/mol. The third-order valence-corrected chi connectivity index (χ3v) is 3.58. The van der Waals surface area contributed by atoms with Gasteiger partial charge in [0.05, 0.1) is 0 Å². The van der Waals surface area contributed by atoms with Gasteiger partial charge in [-0.25, -0.2) is 0 Å². The summed E-state index contributed by atoms with van der Waals surface area (Å²) in [6.07, 6.45) is 1.77. The zero-order chi connectivity index (χ0) is 11.5. The smallest absolute Gasteiger partial charge is 0.219 e. The highest BCUT2D eigenvalue weighted by Crippen LogP contribution is 2.47. The van der Waals surface area contributed by atoms with Crippen molar-refractivity contribution < 1.29 is 4.79 Å². The predicted molar refractivity (Wildman–Crippen MR) is 68.3 cm³/mol. The number of nitrogens with one attached hydrogen (secondary N) is 1. The van der Waals surface area contributed by atoms with E-state index < -0.39 is 0 Å². The van der Waals surface area contributed by atoms with Crippen LogP contribution in [0.1, 0.15) is 31.2 Å². The van der Waals surface area contributed by atoms with Crippen LogP contribution in [0.4, 0.5) is 0 Å². The first-order valence-electron chi connectivity index (χ1n) is 5.73. The zero-order valence-corrected chi connectivity index (χ0v) is 11.0. The molecule has 1 amide bonds. The normalized spacial score (nSPS) is 22.9. The molecule has 2 unspecified atom stereocenters. The highest BCUT2D eigenvalue weighted by atomic mass is 79.9. The van der Waals surface area contributed by atoms with Crippen molar-refractivity contribution in [3.8, 4) is 0 Å². The Labute approximate surface area is 105 Å². The van der Waals surface area contributed by atoms with E-state index in [0.717, 1.165) is 11.0 Å². The first-order chi connectivity index (χ1) is 7.70. The first kappa shape index (κ1) is 11.6. The minimum atomic E-state index is 0.153. The van der Waals surface area contributed by atoms with Crippen molar-refractivity contribution in [2.24, 2.45) is 5.92 Å². The van der Waals surface area contributed by atoms with E-state index in [-0.39, 0.29) is 5.91 Å². The summed E-state index contributed by atoms with van der Waals surface area (Å²) in [5, 5.41) is 2.96. The van der Waals surface area contributed by atoms with Crippen molar-refractivity contribution in [1.82, 2.24) is 5.32 Å². The molecule has 0 heterocycles. The molecule has 2 nitrogen and oxygen atoms in total. The molecule has 2 rings (SSSR count). The molecule has 0 bridgehead atoms. The number of halogens is 1. The maximum atomic E-state index is 11.1. The first-order valence-corrected chi connectivity index (χ1v) is 6.52. The average molecular weight is 282 g/mol. The van der Waals surface area contributed by atoms with Crippen LogP contribution in [-0.2, 0) is 4.79 Å². The van der Waals surface area contributed by atoms with E-state index in [0.29, 0.717) is 18.3 Å². The number of rotatable bonds is 4. The molecule has 0 aromatic heterocycles. The van der Waals surface area contributed by atoms with Crippen LogP contribution in [0.15, 0.2) is 28.7 Å². The van der Waals surface area contributed by atoms with Crippen LogP contribution < -0.4 is 5.32 Å². The quantitative estimate of drug-likeness (QED) is 0.903. The second kappa shape index (κ2) is 5.00. The van der Waals surface area contributed by atoms with Crippen LogP contribution >= 0.6 is 15.9 Å². The molecule has 0 saturated heterocycles. The van der Waals surface area contributed by atoms with Gasteiger partial charge in [0.15, 0.2) is 0 Å². The van der Waals surface area contributed by atoms with Crippen molar-refractivity contribution >= 4 is 21.8 Å². The van der Waals surface area contributed by atoms with Gasteiger partial charge in [0.2, 0.25) is 5.91 Å². The Morgan fingerprint density at radius 2 is 2.38 bits per heavy atom. The summed E-state index contributed by atoms with van der Waals surface area (Å²) in [5.41, 5.74) is 1.38. The summed E-state index contributed by atoms with van der Waals surface area (Å²) in [5.74, 6) is 1.42. The van der Waals surface area contributed by atoms with Gasteiger partial charge < -0.3 is 5.32 Å². The summed E-state index contributed by atoms with van der Waals surface area (Å²) >= 11 is 3.48. The van der Waals surface area contributed by atoms with Gasteiger partial charge in [-0.3, -0.25) is 4.79 Å². The van der Waals surface area contributed by atoms with Crippen LogP contribution in [-0.4, -0.2) is 12.5 Å². The molecule has 0 radical (unpaired) electrons. The molecule has 2 atom stereocenters. The maximum absolute atomic E-state index is 11.1. The lowest BCUT2D eigenvalue weighted by Crippen LogP contribution is -2.24. The largest absolute Gasteiger partial charge is 0.356 e. The fourth-order valence-corrected chi connectivity index (χ4v) is 2.41. The van der Waals surface area contributed by atoms with E-state index in [9.17, 15) is 4.79 Å². The number of amides is 1. The predicted octanol–water partition coefficient (Wildman–Crippen LogP) is 3.08. The van der Waals surface area contributed by atoms with Crippen LogP contribution in [0.25, 0.3) is 0 Å². The molecular formula is C13H16BrNO. The number of carbonyl (C=O) groups excluding carboxylic acids is 1. The summed E-state index contributed by atoms with van der Waals surface area (Å²) < 4.78 is 1.13. The number of carbonyl (C=O) groups is 1. The Morgan fingerprint density at radius 3 is 3.06 bits per heavy atom. The van der Waals surface area contributed by atoms with E-state index in [1.165, 1.54) is 12.0 Å². The van der Waals surface area contributed by atoms with Gasteiger partial charge in [-0.1, -0.05) is 35.0 Å². The second-order valence-electron chi connectivity index (χ2n) is 4.31. The SMILES string of the molecule is CCC(=O)NCC1CC1c1cccc(Br)c1. The van der Waals surface area contributed by atoms with E-state index in [2.05, 4.69) is 39.4 Å². The lowest BCUT2D eigenvalue weighted by molar-refractivity contribution is -0.120. The van der Waals surface area contributed by atoms with Crippen LogP contribution in [0.2, 0.25) is 0 Å². The Hall–Kier alpha value is -0.830.